The van der Waals surface area contributed by atoms with Crippen LogP contribution in [0.25, 0.3) is 0 Å². The molecule has 1 aromatic rings. The van der Waals surface area contributed by atoms with Gasteiger partial charge in [-0.25, -0.2) is 4.79 Å². The van der Waals surface area contributed by atoms with Crippen molar-refractivity contribution in [3.63, 3.8) is 0 Å². The van der Waals surface area contributed by atoms with Gasteiger partial charge in [-0.15, -0.1) is 0 Å². The van der Waals surface area contributed by atoms with Crippen LogP contribution in [0.5, 0.6) is 5.75 Å². The molecule has 14 heavy (non-hydrogen) atoms. The Labute approximate surface area is 81.5 Å². The molecule has 1 aliphatic rings. The number of hydrogen-bond acceptors (Lipinski definition) is 4. The number of benzene rings is 1. The largest absolute Gasteiger partial charge is 0.505 e. The van der Waals surface area contributed by atoms with Crippen molar-refractivity contribution in [2.24, 2.45) is 0 Å². The molecule has 74 valence electrons. The number of anilines is 1. The van der Waals surface area contributed by atoms with Crippen LogP contribution in [-0.4, -0.2) is 24.7 Å². The van der Waals surface area contributed by atoms with Gasteiger partial charge < -0.3 is 15.2 Å². The van der Waals surface area contributed by atoms with E-state index in [1.807, 2.05) is 6.07 Å². The number of aromatic hydroxyl groups is 1. The van der Waals surface area contributed by atoms with Crippen LogP contribution in [0.3, 0.4) is 0 Å². The minimum absolute atomic E-state index is 0.00755. The van der Waals surface area contributed by atoms with E-state index in [1.165, 1.54) is 7.11 Å². The summed E-state index contributed by atoms with van der Waals surface area (Å²) in [5.41, 5.74) is 1.91. The van der Waals surface area contributed by atoms with Gasteiger partial charge in [0.15, 0.2) is 5.75 Å². The fourth-order valence-corrected chi connectivity index (χ4v) is 1.64. The van der Waals surface area contributed by atoms with Crippen LogP contribution < -0.4 is 5.32 Å². The van der Waals surface area contributed by atoms with Crippen LogP contribution >= 0.6 is 0 Å². The van der Waals surface area contributed by atoms with Crippen LogP contribution in [0.1, 0.15) is 15.9 Å². The second-order valence-corrected chi connectivity index (χ2v) is 3.16. The Hall–Kier alpha value is -1.71. The predicted octanol–water partition coefficient (Wildman–Crippen LogP) is 1.15. The SMILES string of the molecule is COC(=O)c1ccc2c(c1O)NCC2. The number of ether oxygens (including phenoxy) is 1. The molecule has 4 heteroatoms. The van der Waals surface area contributed by atoms with Crippen molar-refractivity contribution in [1.82, 2.24) is 0 Å². The first kappa shape index (κ1) is 8.87. The van der Waals surface area contributed by atoms with Crippen molar-refractivity contribution in [2.75, 3.05) is 19.0 Å². The summed E-state index contributed by atoms with van der Waals surface area (Å²) >= 11 is 0. The average molecular weight is 193 g/mol. The monoisotopic (exact) mass is 193 g/mol. The molecule has 0 radical (unpaired) electrons. The molecular weight excluding hydrogens is 182 g/mol. The third kappa shape index (κ3) is 1.19. The lowest BCUT2D eigenvalue weighted by atomic mass is 10.1. The van der Waals surface area contributed by atoms with Crippen molar-refractivity contribution in [2.45, 2.75) is 6.42 Å². The summed E-state index contributed by atoms with van der Waals surface area (Å²) in [6.45, 7) is 0.799. The molecule has 1 aromatic carbocycles. The number of phenols is 1. The van der Waals surface area contributed by atoms with Gasteiger partial charge in [0.25, 0.3) is 0 Å². The van der Waals surface area contributed by atoms with Crippen LogP contribution in [0, 0.1) is 0 Å². The van der Waals surface area contributed by atoms with Gasteiger partial charge in [0.2, 0.25) is 0 Å². The maximum atomic E-state index is 11.2. The molecule has 4 nitrogen and oxygen atoms in total. The highest BCUT2D eigenvalue weighted by atomic mass is 16.5. The number of hydrogen-bond donors (Lipinski definition) is 2. The predicted molar refractivity (Wildman–Crippen MR) is 51.6 cm³/mol. The van der Waals surface area contributed by atoms with Gasteiger partial charge in [-0.3, -0.25) is 0 Å². The molecule has 0 spiro atoms. The Balaban J connectivity index is 2.50. The quantitative estimate of drug-likeness (QED) is 0.519. The molecule has 0 saturated heterocycles. The Morgan fingerprint density at radius 3 is 3.07 bits per heavy atom. The molecule has 0 bridgehead atoms. The highest BCUT2D eigenvalue weighted by molar-refractivity contribution is 5.95. The number of carbonyl (C=O) groups excluding carboxylic acids is 1. The lowest BCUT2D eigenvalue weighted by Gasteiger charge is -2.07. The minimum Gasteiger partial charge on any atom is -0.505 e. The van der Waals surface area contributed by atoms with E-state index < -0.39 is 5.97 Å². The zero-order valence-electron chi connectivity index (χ0n) is 7.83. The molecular formula is C10H11NO3. The summed E-state index contributed by atoms with van der Waals surface area (Å²) in [5.74, 6) is -0.522. The number of fused-ring (bicyclic) bond motifs is 1. The summed E-state index contributed by atoms with van der Waals surface area (Å²) in [7, 11) is 1.29. The fraction of sp³-hybridized carbons (Fsp3) is 0.300. The molecule has 0 aliphatic carbocycles. The van der Waals surface area contributed by atoms with E-state index in [9.17, 15) is 9.90 Å². The first-order valence-corrected chi connectivity index (χ1v) is 4.41. The second-order valence-electron chi connectivity index (χ2n) is 3.16. The van der Waals surface area contributed by atoms with E-state index in [1.54, 1.807) is 6.07 Å². The molecule has 0 saturated carbocycles. The highest BCUT2D eigenvalue weighted by Gasteiger charge is 2.20. The molecule has 0 amide bonds. The Bertz CT molecular complexity index is 387. The first-order valence-electron chi connectivity index (χ1n) is 4.41. The van der Waals surface area contributed by atoms with Crippen molar-refractivity contribution in [1.29, 1.82) is 0 Å². The highest BCUT2D eigenvalue weighted by Crippen LogP contribution is 2.35. The molecule has 1 heterocycles. The van der Waals surface area contributed by atoms with Crippen LogP contribution in [0.4, 0.5) is 5.69 Å². The molecule has 0 atom stereocenters. The molecule has 2 rings (SSSR count). The van der Waals surface area contributed by atoms with Crippen LogP contribution in [0.15, 0.2) is 12.1 Å². The van der Waals surface area contributed by atoms with Gasteiger partial charge in [-0.2, -0.15) is 0 Å². The van der Waals surface area contributed by atoms with Crippen molar-refractivity contribution < 1.29 is 14.6 Å². The van der Waals surface area contributed by atoms with Gasteiger partial charge in [-0.1, -0.05) is 6.07 Å². The Kier molecular flexibility index (Phi) is 2.04. The van der Waals surface area contributed by atoms with Crippen molar-refractivity contribution in [3.8, 4) is 5.75 Å². The van der Waals surface area contributed by atoms with Gasteiger partial charge in [0, 0.05) is 6.54 Å². The van der Waals surface area contributed by atoms with Gasteiger partial charge in [0.1, 0.15) is 5.56 Å². The zero-order valence-corrected chi connectivity index (χ0v) is 7.83. The molecule has 1 aliphatic heterocycles. The molecule has 2 N–H and O–H groups in total. The maximum Gasteiger partial charge on any atom is 0.341 e. The first-order chi connectivity index (χ1) is 6.74. The van der Waals surface area contributed by atoms with Gasteiger partial charge in [0.05, 0.1) is 12.8 Å². The van der Waals surface area contributed by atoms with E-state index in [0.29, 0.717) is 5.69 Å². The van der Waals surface area contributed by atoms with Crippen molar-refractivity contribution >= 4 is 11.7 Å². The summed E-state index contributed by atoms with van der Waals surface area (Å²) in [6, 6.07) is 3.42. The summed E-state index contributed by atoms with van der Waals surface area (Å²) in [4.78, 5) is 11.2. The number of nitrogens with one attached hydrogen (secondary N) is 1. The fourth-order valence-electron chi connectivity index (χ4n) is 1.64. The van der Waals surface area contributed by atoms with Gasteiger partial charge in [-0.05, 0) is 18.1 Å². The molecule has 0 unspecified atom stereocenters. The van der Waals surface area contributed by atoms with Crippen molar-refractivity contribution in [3.05, 3.63) is 23.3 Å². The summed E-state index contributed by atoms with van der Waals surface area (Å²) in [6.07, 6.45) is 0.879. The number of carbonyl (C=O) groups is 1. The lowest BCUT2D eigenvalue weighted by Crippen LogP contribution is -2.02. The summed E-state index contributed by atoms with van der Waals surface area (Å²) in [5, 5.41) is 12.8. The third-order valence-electron chi connectivity index (χ3n) is 2.37. The van der Waals surface area contributed by atoms with E-state index >= 15 is 0 Å². The molecule has 0 aromatic heterocycles. The average Bonchev–Trinajstić information content (AvgIpc) is 2.66. The Morgan fingerprint density at radius 2 is 2.36 bits per heavy atom. The number of esters is 1. The van der Waals surface area contributed by atoms with E-state index in [-0.39, 0.29) is 11.3 Å². The van der Waals surface area contributed by atoms with Crippen LogP contribution in [0.2, 0.25) is 0 Å². The maximum absolute atomic E-state index is 11.2. The minimum atomic E-state index is -0.515. The normalized spacial score (nSPS) is 13.2. The molecule has 0 fully saturated rings. The number of rotatable bonds is 1. The smallest absolute Gasteiger partial charge is 0.341 e. The Morgan fingerprint density at radius 1 is 1.57 bits per heavy atom. The van der Waals surface area contributed by atoms with Crippen LogP contribution in [-0.2, 0) is 11.2 Å². The van der Waals surface area contributed by atoms with E-state index in [0.717, 1.165) is 18.5 Å². The van der Waals surface area contributed by atoms with Gasteiger partial charge >= 0.3 is 5.97 Å². The van der Waals surface area contributed by atoms with E-state index in [2.05, 4.69) is 10.1 Å². The summed E-state index contributed by atoms with van der Waals surface area (Å²) < 4.78 is 4.55. The third-order valence-corrected chi connectivity index (χ3v) is 2.37. The zero-order chi connectivity index (χ0) is 10.1. The number of phenolic OH excluding ortho intramolecular Hbond substituents is 1. The topological polar surface area (TPSA) is 58.6 Å². The number of methoxy groups -OCH3 is 1. The van der Waals surface area contributed by atoms with E-state index in [4.69, 9.17) is 0 Å². The second kappa shape index (κ2) is 3.21. The standard InChI is InChI=1S/C10H11NO3/c1-14-10(13)7-3-2-6-4-5-11-8(6)9(7)12/h2-3,11-12H,4-5H2,1H3. The lowest BCUT2D eigenvalue weighted by molar-refractivity contribution is 0.0597.